The number of ether oxygens (including phenoxy) is 1. The standard InChI is InChI=1S/C12H19BrN3O.C7H5ClN5.2C2H6.Y/c1-4-5-6-15-12-11(13)10(8(2)17-3)9(14)7-16-12;8-6-3-5(9)4-10-7(6)13-11-1-2-12-13;2*1-2;/h7-8,14H,4-6H2,1-3H3,(H,15,16);1-4,9H;2*1-2H3;/q2*-1;;;. The number of unbranched alkanes of at least 4 members (excludes halogenated alkanes) is 1. The van der Waals surface area contributed by atoms with E-state index in [9.17, 15) is 0 Å². The van der Waals surface area contributed by atoms with Crippen LogP contribution in [0.5, 0.6) is 0 Å². The Morgan fingerprint density at radius 2 is 1.71 bits per heavy atom. The van der Waals surface area contributed by atoms with Crippen LogP contribution in [-0.2, 0) is 37.4 Å². The number of halogens is 2. The molecule has 3 heterocycles. The number of anilines is 1. The van der Waals surface area contributed by atoms with Gasteiger partial charge in [-0.05, 0) is 34.8 Å². The van der Waals surface area contributed by atoms with Crippen molar-refractivity contribution in [2.75, 3.05) is 19.0 Å². The van der Waals surface area contributed by atoms with E-state index in [2.05, 4.69) is 48.3 Å². The summed E-state index contributed by atoms with van der Waals surface area (Å²) in [6.45, 7) is 13.0. The molecule has 12 heteroatoms. The van der Waals surface area contributed by atoms with Crippen LogP contribution in [0.25, 0.3) is 17.3 Å². The van der Waals surface area contributed by atoms with Crippen molar-refractivity contribution in [1.29, 1.82) is 0 Å². The molecule has 0 saturated heterocycles. The third-order valence-electron chi connectivity index (χ3n) is 4.07. The first kappa shape index (κ1) is 35.8. The molecule has 1 unspecified atom stereocenters. The van der Waals surface area contributed by atoms with Crippen LogP contribution in [0.1, 0.15) is 66.1 Å². The molecule has 0 aliphatic rings. The van der Waals surface area contributed by atoms with Gasteiger partial charge in [0.1, 0.15) is 5.82 Å². The summed E-state index contributed by atoms with van der Waals surface area (Å²) in [7, 11) is 1.64. The predicted molar refractivity (Wildman–Crippen MR) is 146 cm³/mol. The number of hydrogen-bond acceptors (Lipinski definition) is 6. The van der Waals surface area contributed by atoms with Gasteiger partial charge in [-0.25, -0.2) is 9.97 Å². The minimum absolute atomic E-state index is 0. The predicted octanol–water partition coefficient (Wildman–Crippen LogP) is 8.50. The topological polar surface area (TPSA) is 125 Å². The molecule has 0 aliphatic heterocycles. The molecule has 0 amide bonds. The molecule has 193 valence electrons. The average Bonchev–Trinajstić information content (AvgIpc) is 3.38. The number of nitrogens with zero attached hydrogens (tertiary/aromatic N) is 5. The van der Waals surface area contributed by atoms with Gasteiger partial charge in [-0.15, -0.1) is 16.2 Å². The molecule has 3 rings (SSSR count). The van der Waals surface area contributed by atoms with Crippen LogP contribution >= 0.6 is 27.5 Å². The van der Waals surface area contributed by atoms with Crippen LogP contribution in [0.2, 0.25) is 5.02 Å². The minimum Gasteiger partial charge on any atom is -0.697 e. The molecule has 35 heavy (non-hydrogen) atoms. The molecule has 0 bridgehead atoms. The Morgan fingerprint density at radius 3 is 2.23 bits per heavy atom. The second-order valence-corrected chi connectivity index (χ2v) is 7.45. The SMILES string of the molecule is CC.CC.CCCCNc1ncc([NH-])c(C(C)OC)c1Br.[NH-]c1cnc(-n2nccn2)c(Cl)c1.[Y]. The molecular formula is C23H36BrClN8OY-2. The van der Waals surface area contributed by atoms with Crippen LogP contribution in [0.15, 0.2) is 35.3 Å². The van der Waals surface area contributed by atoms with Gasteiger partial charge in [0.2, 0.25) is 0 Å². The molecule has 0 spiro atoms. The Hall–Kier alpha value is -1.33. The van der Waals surface area contributed by atoms with Crippen LogP contribution in [0, 0.1) is 0 Å². The summed E-state index contributed by atoms with van der Waals surface area (Å²) >= 11 is 9.34. The number of aromatic nitrogens is 5. The normalized spacial score (nSPS) is 10.2. The maximum absolute atomic E-state index is 7.85. The zero-order valence-electron chi connectivity index (χ0n) is 21.6. The maximum atomic E-state index is 7.85. The van der Waals surface area contributed by atoms with E-state index in [4.69, 9.17) is 27.8 Å². The number of methoxy groups -OCH3 is 1. The van der Waals surface area contributed by atoms with Gasteiger partial charge in [0, 0.05) is 58.8 Å². The van der Waals surface area contributed by atoms with E-state index in [1.165, 1.54) is 29.5 Å². The van der Waals surface area contributed by atoms with Gasteiger partial charge in [0.25, 0.3) is 0 Å². The molecule has 3 N–H and O–H groups in total. The Labute approximate surface area is 248 Å². The van der Waals surface area contributed by atoms with Gasteiger partial charge >= 0.3 is 0 Å². The number of nitrogens with one attached hydrogen (secondary N) is 3. The fourth-order valence-electron chi connectivity index (χ4n) is 2.43. The molecule has 3 aromatic rings. The number of pyridine rings is 2. The summed E-state index contributed by atoms with van der Waals surface area (Å²) in [5.41, 5.74) is 16.6. The summed E-state index contributed by atoms with van der Waals surface area (Å²) in [6.07, 6.45) is 8.15. The van der Waals surface area contributed by atoms with Crippen molar-refractivity contribution >= 4 is 44.7 Å². The summed E-state index contributed by atoms with van der Waals surface area (Å²) in [4.78, 5) is 9.47. The second kappa shape index (κ2) is 20.8. The van der Waals surface area contributed by atoms with Gasteiger partial charge in [-0.1, -0.05) is 58.7 Å². The zero-order chi connectivity index (χ0) is 26.1. The van der Waals surface area contributed by atoms with Gasteiger partial charge in [-0.3, -0.25) is 0 Å². The van der Waals surface area contributed by atoms with Gasteiger partial charge in [0.05, 0.1) is 28.0 Å². The quantitative estimate of drug-likeness (QED) is 0.257. The van der Waals surface area contributed by atoms with Crippen molar-refractivity contribution in [3.63, 3.8) is 0 Å². The molecule has 0 aliphatic carbocycles. The van der Waals surface area contributed by atoms with E-state index in [0.29, 0.717) is 16.5 Å². The molecule has 0 saturated carbocycles. The Kier molecular flexibility index (Phi) is 21.3. The molecule has 9 nitrogen and oxygen atoms in total. The summed E-state index contributed by atoms with van der Waals surface area (Å²) < 4.78 is 6.10. The first-order valence-corrected chi connectivity index (χ1v) is 12.5. The van der Waals surface area contributed by atoms with Crippen molar-refractivity contribution < 1.29 is 37.4 Å². The number of rotatable bonds is 7. The van der Waals surface area contributed by atoms with E-state index in [1.54, 1.807) is 13.3 Å². The van der Waals surface area contributed by atoms with E-state index in [0.717, 1.165) is 35.2 Å². The summed E-state index contributed by atoms with van der Waals surface area (Å²) in [6, 6.07) is 1.49. The largest absolute Gasteiger partial charge is 0.697 e. The Morgan fingerprint density at radius 1 is 1.11 bits per heavy atom. The maximum Gasteiger partial charge on any atom is 0.193 e. The van der Waals surface area contributed by atoms with E-state index in [-0.39, 0.29) is 44.5 Å². The van der Waals surface area contributed by atoms with Crippen LogP contribution < -0.4 is 5.32 Å². The van der Waals surface area contributed by atoms with Crippen LogP contribution in [0.3, 0.4) is 0 Å². The van der Waals surface area contributed by atoms with E-state index < -0.39 is 0 Å². The molecule has 3 aromatic heterocycles. The fourth-order valence-corrected chi connectivity index (χ4v) is 3.45. The summed E-state index contributed by atoms with van der Waals surface area (Å²) in [5.74, 6) is 1.22. The first-order valence-electron chi connectivity index (χ1n) is 11.3. The molecule has 0 aromatic carbocycles. The molecule has 1 radical (unpaired) electrons. The molecular weight excluding hydrogens is 609 g/mol. The smallest absolute Gasteiger partial charge is 0.193 e. The van der Waals surface area contributed by atoms with E-state index >= 15 is 0 Å². The zero-order valence-corrected chi connectivity index (χ0v) is 26.7. The molecule has 1 atom stereocenters. The van der Waals surface area contributed by atoms with Crippen molar-refractivity contribution in [1.82, 2.24) is 25.0 Å². The Balaban J connectivity index is 0. The fraction of sp³-hybridized carbons (Fsp3) is 0.478. The van der Waals surface area contributed by atoms with Crippen LogP contribution in [-0.4, -0.2) is 38.6 Å². The second-order valence-electron chi connectivity index (χ2n) is 6.25. The van der Waals surface area contributed by atoms with Crippen molar-refractivity contribution in [3.8, 4) is 5.82 Å². The van der Waals surface area contributed by atoms with Crippen molar-refractivity contribution in [3.05, 3.63) is 57.4 Å². The van der Waals surface area contributed by atoms with Gasteiger partial charge < -0.3 is 21.5 Å². The van der Waals surface area contributed by atoms with Crippen LogP contribution in [0.4, 0.5) is 17.2 Å². The summed E-state index contributed by atoms with van der Waals surface area (Å²) in [5, 5.41) is 11.4. The first-order chi connectivity index (χ1) is 16.4. The van der Waals surface area contributed by atoms with Gasteiger partial charge in [-0.2, -0.15) is 10.2 Å². The third kappa shape index (κ3) is 12.0. The van der Waals surface area contributed by atoms with Crippen molar-refractivity contribution in [2.45, 2.75) is 60.5 Å². The minimum atomic E-state index is -0.119. The third-order valence-corrected chi connectivity index (χ3v) is 5.15. The van der Waals surface area contributed by atoms with E-state index in [1.807, 2.05) is 34.6 Å². The Bertz CT molecular complexity index is 948. The number of hydrogen-bond donors (Lipinski definition) is 1. The van der Waals surface area contributed by atoms with Crippen molar-refractivity contribution in [2.24, 2.45) is 0 Å². The molecule has 0 fully saturated rings. The monoisotopic (exact) mass is 643 g/mol. The van der Waals surface area contributed by atoms with Gasteiger partial charge in [0.15, 0.2) is 5.82 Å². The average molecular weight is 645 g/mol.